The third kappa shape index (κ3) is 3.63. The van der Waals surface area contributed by atoms with Crippen LogP contribution >= 0.6 is 22.9 Å². The van der Waals surface area contributed by atoms with Gasteiger partial charge in [-0.3, -0.25) is 5.32 Å². The number of rotatable bonds is 3. The first-order valence-corrected chi connectivity index (χ1v) is 8.91. The van der Waals surface area contributed by atoms with Crippen molar-refractivity contribution >= 4 is 34.0 Å². The summed E-state index contributed by atoms with van der Waals surface area (Å²) < 4.78 is 4.32. The molecule has 3 rings (SSSR count). The molecule has 0 bridgehead atoms. The van der Waals surface area contributed by atoms with E-state index in [1.807, 2.05) is 18.4 Å². The zero-order chi connectivity index (χ0) is 15.5. The summed E-state index contributed by atoms with van der Waals surface area (Å²) in [5.74, 6) is 0.687. The zero-order valence-electron chi connectivity index (χ0n) is 12.6. The smallest absolute Gasteiger partial charge is 0.321 e. The van der Waals surface area contributed by atoms with Crippen molar-refractivity contribution in [3.63, 3.8) is 0 Å². The second-order valence-corrected chi connectivity index (χ2v) is 7.20. The van der Waals surface area contributed by atoms with Gasteiger partial charge in [-0.05, 0) is 56.9 Å². The number of likely N-dealkylation sites (tertiary alicyclic amines) is 1. The quantitative estimate of drug-likeness (QED) is 0.903. The number of hydrogen-bond acceptors (Lipinski definition) is 6. The maximum atomic E-state index is 12.0. The number of nitrogens with one attached hydrogen (secondary N) is 2. The van der Waals surface area contributed by atoms with E-state index in [0.29, 0.717) is 11.0 Å². The molecule has 0 saturated carbocycles. The third-order valence-electron chi connectivity index (χ3n) is 3.77. The lowest BCUT2D eigenvalue weighted by atomic mass is 10.1. The number of aryl methyl sites for hydroxylation is 1. The van der Waals surface area contributed by atoms with Gasteiger partial charge in [0.05, 0.1) is 4.88 Å². The van der Waals surface area contributed by atoms with Crippen molar-refractivity contribution in [1.29, 1.82) is 0 Å². The summed E-state index contributed by atoms with van der Waals surface area (Å²) in [5.41, 5.74) is 1.16. The second kappa shape index (κ2) is 6.72. The average Bonchev–Trinajstić information content (AvgIpc) is 3.10. The minimum absolute atomic E-state index is 0.194. The first-order chi connectivity index (χ1) is 10.6. The number of nitrogens with zero attached hydrogens (tertiary/aromatic N) is 3. The summed E-state index contributed by atoms with van der Waals surface area (Å²) in [7, 11) is 2.10. The summed E-state index contributed by atoms with van der Waals surface area (Å²) in [5, 5.41) is 8.35. The van der Waals surface area contributed by atoms with Gasteiger partial charge in [-0.25, -0.2) is 4.79 Å². The molecule has 1 fully saturated rings. The van der Waals surface area contributed by atoms with Crippen molar-refractivity contribution in [2.24, 2.45) is 0 Å². The van der Waals surface area contributed by atoms with Crippen LogP contribution in [0.15, 0.2) is 11.4 Å². The molecule has 0 unspecified atom stereocenters. The van der Waals surface area contributed by atoms with Gasteiger partial charge >= 0.3 is 6.03 Å². The van der Waals surface area contributed by atoms with Crippen LogP contribution in [0.2, 0.25) is 0 Å². The Morgan fingerprint density at radius 1 is 1.41 bits per heavy atom. The maximum absolute atomic E-state index is 12.0. The van der Waals surface area contributed by atoms with E-state index in [1.54, 1.807) is 11.3 Å². The minimum Gasteiger partial charge on any atom is -0.335 e. The number of aromatic nitrogens is 2. The molecular weight excluding hydrogens is 318 g/mol. The Labute approximate surface area is 137 Å². The Morgan fingerprint density at radius 2 is 2.18 bits per heavy atom. The Morgan fingerprint density at radius 3 is 2.86 bits per heavy atom. The predicted molar refractivity (Wildman–Crippen MR) is 90.6 cm³/mol. The second-order valence-electron chi connectivity index (χ2n) is 5.53. The molecule has 2 amide bonds. The molecule has 2 aromatic rings. The topological polar surface area (TPSA) is 70.2 Å². The zero-order valence-corrected chi connectivity index (χ0v) is 14.3. The highest BCUT2D eigenvalue weighted by Crippen LogP contribution is 2.28. The third-order valence-corrected chi connectivity index (χ3v) is 5.41. The van der Waals surface area contributed by atoms with Gasteiger partial charge in [-0.2, -0.15) is 9.36 Å². The lowest BCUT2D eigenvalue weighted by Gasteiger charge is -2.29. The van der Waals surface area contributed by atoms with Crippen molar-refractivity contribution < 1.29 is 4.79 Å². The monoisotopic (exact) mass is 337 g/mol. The van der Waals surface area contributed by atoms with Crippen LogP contribution in [0, 0.1) is 6.92 Å². The molecule has 6 nitrogen and oxygen atoms in total. The molecular formula is C14H19N5OS2. The fourth-order valence-electron chi connectivity index (χ4n) is 2.44. The van der Waals surface area contributed by atoms with Crippen molar-refractivity contribution in [3.8, 4) is 10.7 Å². The van der Waals surface area contributed by atoms with Crippen molar-refractivity contribution in [3.05, 3.63) is 17.0 Å². The van der Waals surface area contributed by atoms with Crippen LogP contribution in [0.3, 0.4) is 0 Å². The summed E-state index contributed by atoms with van der Waals surface area (Å²) >= 11 is 2.82. The molecule has 8 heteroatoms. The summed E-state index contributed by atoms with van der Waals surface area (Å²) in [4.78, 5) is 19.8. The van der Waals surface area contributed by atoms with E-state index in [0.717, 1.165) is 36.4 Å². The molecule has 3 heterocycles. The fourth-order valence-corrected chi connectivity index (χ4v) is 3.93. The van der Waals surface area contributed by atoms with Crippen molar-refractivity contribution in [1.82, 2.24) is 19.6 Å². The van der Waals surface area contributed by atoms with Gasteiger partial charge in [-0.1, -0.05) is 0 Å². The van der Waals surface area contributed by atoms with Crippen LogP contribution in [0.1, 0.15) is 18.4 Å². The van der Waals surface area contributed by atoms with Gasteiger partial charge in [0, 0.05) is 17.6 Å². The van der Waals surface area contributed by atoms with Gasteiger partial charge in [0.1, 0.15) is 0 Å². The van der Waals surface area contributed by atoms with E-state index in [2.05, 4.69) is 31.9 Å². The van der Waals surface area contributed by atoms with E-state index in [1.165, 1.54) is 11.5 Å². The summed E-state index contributed by atoms with van der Waals surface area (Å²) in [6, 6.07) is 2.09. The molecule has 22 heavy (non-hydrogen) atoms. The van der Waals surface area contributed by atoms with Crippen LogP contribution in [0.5, 0.6) is 0 Å². The molecule has 0 atom stereocenters. The lowest BCUT2D eigenvalue weighted by Crippen LogP contribution is -2.44. The number of piperidine rings is 1. The molecule has 2 N–H and O–H groups in total. The molecule has 0 aromatic carbocycles. The molecule has 1 saturated heterocycles. The van der Waals surface area contributed by atoms with Gasteiger partial charge < -0.3 is 10.2 Å². The van der Waals surface area contributed by atoms with Crippen LogP contribution in [-0.4, -0.2) is 46.5 Å². The molecule has 0 spiro atoms. The van der Waals surface area contributed by atoms with Crippen molar-refractivity contribution in [2.45, 2.75) is 25.8 Å². The van der Waals surface area contributed by atoms with Gasteiger partial charge in [0.15, 0.2) is 5.82 Å². The minimum atomic E-state index is -0.194. The Bertz CT molecular complexity index is 645. The number of anilines is 1. The lowest BCUT2D eigenvalue weighted by molar-refractivity contribution is 0.221. The molecule has 2 aromatic heterocycles. The first kappa shape index (κ1) is 15.4. The molecule has 0 aliphatic carbocycles. The van der Waals surface area contributed by atoms with Crippen LogP contribution in [-0.2, 0) is 0 Å². The van der Waals surface area contributed by atoms with E-state index in [-0.39, 0.29) is 12.1 Å². The highest BCUT2D eigenvalue weighted by atomic mass is 32.1. The van der Waals surface area contributed by atoms with Gasteiger partial charge in [0.25, 0.3) is 0 Å². The highest BCUT2D eigenvalue weighted by molar-refractivity contribution is 7.14. The largest absolute Gasteiger partial charge is 0.335 e. The van der Waals surface area contributed by atoms with E-state index >= 15 is 0 Å². The molecule has 1 aliphatic rings. The molecule has 0 radical (unpaired) electrons. The number of thiophene rings is 1. The Hall–Kier alpha value is -1.51. The fraction of sp³-hybridized carbons (Fsp3) is 0.500. The van der Waals surface area contributed by atoms with Gasteiger partial charge in [-0.15, -0.1) is 11.3 Å². The average molecular weight is 337 g/mol. The van der Waals surface area contributed by atoms with E-state index in [4.69, 9.17) is 0 Å². The predicted octanol–water partition coefficient (Wildman–Crippen LogP) is 2.79. The SMILES string of the molecule is Cc1ccsc1-c1nsc(NC(=O)NC2CCN(C)CC2)n1. The summed E-state index contributed by atoms with van der Waals surface area (Å²) in [6.45, 7) is 4.07. The van der Waals surface area contributed by atoms with E-state index < -0.39 is 0 Å². The molecule has 1 aliphatic heterocycles. The van der Waals surface area contributed by atoms with Crippen LogP contribution in [0.25, 0.3) is 10.7 Å². The first-order valence-electron chi connectivity index (χ1n) is 7.26. The number of urea groups is 1. The summed E-state index contributed by atoms with van der Waals surface area (Å²) in [6.07, 6.45) is 1.97. The van der Waals surface area contributed by atoms with Crippen molar-refractivity contribution in [2.75, 3.05) is 25.5 Å². The van der Waals surface area contributed by atoms with Crippen LogP contribution in [0.4, 0.5) is 9.93 Å². The standard InChI is InChI=1S/C14H19N5OS2/c1-9-5-8-21-11(9)12-16-14(22-18-12)17-13(20)15-10-3-6-19(2)7-4-10/h5,8,10H,3-4,6-7H2,1-2H3,(H2,15,16,17,18,20). The van der Waals surface area contributed by atoms with Crippen LogP contribution < -0.4 is 10.6 Å². The number of amides is 2. The Balaban J connectivity index is 1.56. The number of hydrogen-bond donors (Lipinski definition) is 2. The normalized spacial score (nSPS) is 16.6. The number of carbonyl (C=O) groups excluding carboxylic acids is 1. The number of carbonyl (C=O) groups is 1. The van der Waals surface area contributed by atoms with Gasteiger partial charge in [0.2, 0.25) is 5.13 Å². The van der Waals surface area contributed by atoms with E-state index in [9.17, 15) is 4.79 Å². The highest BCUT2D eigenvalue weighted by Gasteiger charge is 2.19. The molecule has 118 valence electrons. The Kier molecular flexibility index (Phi) is 4.70. The maximum Gasteiger partial charge on any atom is 0.321 e.